The maximum Gasteiger partial charge on any atom is 0.324 e. The van der Waals surface area contributed by atoms with E-state index in [2.05, 4.69) is 15.9 Å². The van der Waals surface area contributed by atoms with Crippen molar-refractivity contribution in [3.63, 3.8) is 0 Å². The van der Waals surface area contributed by atoms with Crippen molar-refractivity contribution in [2.75, 3.05) is 6.61 Å². The molecular weight excluding hydrogens is 296 g/mol. The number of carbonyl (C=O) groups is 1. The fourth-order valence-electron chi connectivity index (χ4n) is 1.00. The lowest BCUT2D eigenvalue weighted by Gasteiger charge is -2.10. The average molecular weight is 305 g/mol. The normalized spacial score (nSPS) is 11.9. The average Bonchev–Trinajstić information content (AvgIpc) is 2.26. The van der Waals surface area contributed by atoms with Gasteiger partial charge in [-0.3, -0.25) is 14.9 Å². The topological polar surface area (TPSA) is 116 Å². The molecule has 0 saturated heterocycles. The fraction of sp³-hybridized carbons (Fsp3) is 0.222. The molecule has 0 fully saturated rings. The van der Waals surface area contributed by atoms with Crippen molar-refractivity contribution in [1.29, 1.82) is 0 Å². The second kappa shape index (κ2) is 5.60. The van der Waals surface area contributed by atoms with Gasteiger partial charge < -0.3 is 15.6 Å². The van der Waals surface area contributed by atoms with E-state index in [0.717, 1.165) is 0 Å². The summed E-state index contributed by atoms with van der Waals surface area (Å²) in [5.74, 6) is -1.03. The zero-order valence-corrected chi connectivity index (χ0v) is 10.1. The summed E-state index contributed by atoms with van der Waals surface area (Å²) >= 11 is 3.01. The van der Waals surface area contributed by atoms with Crippen LogP contribution >= 0.6 is 15.9 Å². The molecular formula is C9H9BrN2O5. The molecule has 1 aromatic rings. The molecule has 1 rings (SSSR count). The van der Waals surface area contributed by atoms with Crippen LogP contribution in [-0.2, 0) is 4.79 Å². The van der Waals surface area contributed by atoms with Crippen molar-refractivity contribution in [1.82, 2.24) is 0 Å². The smallest absolute Gasteiger partial charge is 0.324 e. The van der Waals surface area contributed by atoms with Crippen molar-refractivity contribution in [2.45, 2.75) is 6.04 Å². The molecule has 17 heavy (non-hydrogen) atoms. The number of halogens is 1. The lowest BCUT2D eigenvalue weighted by Crippen LogP contribution is -2.36. The Morgan fingerprint density at radius 2 is 2.29 bits per heavy atom. The van der Waals surface area contributed by atoms with E-state index in [9.17, 15) is 14.9 Å². The maximum absolute atomic E-state index is 10.6. The van der Waals surface area contributed by atoms with Crippen LogP contribution in [0.1, 0.15) is 0 Å². The molecule has 3 N–H and O–H groups in total. The van der Waals surface area contributed by atoms with Crippen molar-refractivity contribution in [2.24, 2.45) is 5.73 Å². The van der Waals surface area contributed by atoms with E-state index < -0.39 is 16.9 Å². The van der Waals surface area contributed by atoms with Gasteiger partial charge in [0.25, 0.3) is 5.69 Å². The van der Waals surface area contributed by atoms with Crippen LogP contribution in [0, 0.1) is 10.1 Å². The molecule has 1 unspecified atom stereocenters. The molecule has 0 aromatic heterocycles. The molecule has 0 amide bonds. The number of nitrogens with two attached hydrogens (primary N) is 1. The Balaban J connectivity index is 2.82. The highest BCUT2D eigenvalue weighted by atomic mass is 79.9. The monoisotopic (exact) mass is 304 g/mol. The summed E-state index contributed by atoms with van der Waals surface area (Å²) in [4.78, 5) is 20.5. The van der Waals surface area contributed by atoms with Crippen LogP contribution in [0.2, 0.25) is 0 Å². The summed E-state index contributed by atoms with van der Waals surface area (Å²) in [7, 11) is 0. The number of hydrogen-bond donors (Lipinski definition) is 2. The van der Waals surface area contributed by atoms with Gasteiger partial charge in [-0.2, -0.15) is 0 Å². The lowest BCUT2D eigenvalue weighted by molar-refractivity contribution is -0.385. The minimum absolute atomic E-state index is 0.155. The number of aliphatic carboxylic acids is 1. The van der Waals surface area contributed by atoms with Gasteiger partial charge in [0.15, 0.2) is 0 Å². The molecule has 0 aliphatic carbocycles. The zero-order chi connectivity index (χ0) is 13.0. The van der Waals surface area contributed by atoms with Gasteiger partial charge >= 0.3 is 5.97 Å². The predicted molar refractivity (Wildman–Crippen MR) is 61.9 cm³/mol. The Labute approximate surface area is 104 Å². The van der Waals surface area contributed by atoms with Gasteiger partial charge in [0, 0.05) is 6.07 Å². The van der Waals surface area contributed by atoms with Gasteiger partial charge in [0.2, 0.25) is 0 Å². The molecule has 0 radical (unpaired) electrons. The molecule has 1 aromatic carbocycles. The molecule has 0 aliphatic rings. The SMILES string of the molecule is NC(COc1cccc([N+](=O)[O-])c1Br)C(=O)O. The van der Waals surface area contributed by atoms with E-state index >= 15 is 0 Å². The number of nitro groups is 1. The number of hydrogen-bond acceptors (Lipinski definition) is 5. The minimum Gasteiger partial charge on any atom is -0.490 e. The minimum atomic E-state index is -1.20. The Morgan fingerprint density at radius 3 is 2.82 bits per heavy atom. The number of carboxylic acid groups (broad SMARTS) is 1. The Kier molecular flexibility index (Phi) is 4.41. The summed E-state index contributed by atoms with van der Waals surface area (Å²) in [6, 6.07) is 3.03. The summed E-state index contributed by atoms with van der Waals surface area (Å²) in [5.41, 5.74) is 5.08. The highest BCUT2D eigenvalue weighted by Crippen LogP contribution is 2.33. The van der Waals surface area contributed by atoms with Gasteiger partial charge in [-0.1, -0.05) is 6.07 Å². The highest BCUT2D eigenvalue weighted by molar-refractivity contribution is 9.10. The summed E-state index contributed by atoms with van der Waals surface area (Å²) in [6.07, 6.45) is 0. The second-order valence-electron chi connectivity index (χ2n) is 3.10. The van der Waals surface area contributed by atoms with Crippen LogP contribution in [0.4, 0.5) is 5.69 Å². The maximum atomic E-state index is 10.6. The number of benzene rings is 1. The van der Waals surface area contributed by atoms with Gasteiger partial charge in [-0.05, 0) is 22.0 Å². The molecule has 8 heteroatoms. The van der Waals surface area contributed by atoms with E-state index in [-0.39, 0.29) is 22.5 Å². The van der Waals surface area contributed by atoms with Crippen molar-refractivity contribution < 1.29 is 19.6 Å². The first-order valence-electron chi connectivity index (χ1n) is 4.47. The first-order valence-corrected chi connectivity index (χ1v) is 5.27. The fourth-order valence-corrected chi connectivity index (χ4v) is 1.53. The Morgan fingerprint density at radius 1 is 1.65 bits per heavy atom. The first-order chi connectivity index (χ1) is 7.93. The highest BCUT2D eigenvalue weighted by Gasteiger charge is 2.18. The third kappa shape index (κ3) is 3.40. The summed E-state index contributed by atoms with van der Waals surface area (Å²) in [6.45, 7) is -0.269. The van der Waals surface area contributed by atoms with Crippen molar-refractivity contribution in [3.8, 4) is 5.75 Å². The van der Waals surface area contributed by atoms with Crippen LogP contribution in [0.15, 0.2) is 22.7 Å². The van der Waals surface area contributed by atoms with Crippen molar-refractivity contribution >= 4 is 27.6 Å². The zero-order valence-electron chi connectivity index (χ0n) is 8.50. The molecule has 0 heterocycles. The molecule has 0 saturated carbocycles. The Bertz CT molecular complexity index is 451. The van der Waals surface area contributed by atoms with Crippen LogP contribution in [-0.4, -0.2) is 28.6 Å². The third-order valence-electron chi connectivity index (χ3n) is 1.88. The first kappa shape index (κ1) is 13.4. The number of nitro benzene ring substituents is 1. The third-order valence-corrected chi connectivity index (χ3v) is 2.67. The summed E-state index contributed by atoms with van der Waals surface area (Å²) < 4.78 is 5.25. The predicted octanol–water partition coefficient (Wildman–Crippen LogP) is 1.15. The van der Waals surface area contributed by atoms with Gasteiger partial charge in [-0.15, -0.1) is 0 Å². The van der Waals surface area contributed by atoms with Crippen LogP contribution in [0.25, 0.3) is 0 Å². The van der Waals surface area contributed by atoms with Crippen LogP contribution in [0.3, 0.4) is 0 Å². The standard InChI is InChI=1S/C9H9BrN2O5/c10-8-6(12(15)16)2-1-3-7(8)17-4-5(11)9(13)14/h1-3,5H,4,11H2,(H,13,14). The van der Waals surface area contributed by atoms with Gasteiger partial charge in [-0.25, -0.2) is 0 Å². The van der Waals surface area contributed by atoms with E-state index in [4.69, 9.17) is 15.6 Å². The molecule has 0 spiro atoms. The number of rotatable bonds is 5. The number of carboxylic acids is 1. The Hall–Kier alpha value is -1.67. The molecule has 0 aliphatic heterocycles. The lowest BCUT2D eigenvalue weighted by atomic mass is 10.3. The van der Waals surface area contributed by atoms with Crippen LogP contribution in [0.5, 0.6) is 5.75 Å². The molecule has 7 nitrogen and oxygen atoms in total. The summed E-state index contributed by atoms with van der Waals surface area (Å²) in [5, 5.41) is 19.2. The number of nitrogens with zero attached hydrogens (tertiary/aromatic N) is 1. The molecule has 92 valence electrons. The van der Waals surface area contributed by atoms with E-state index in [1.807, 2.05) is 0 Å². The second-order valence-corrected chi connectivity index (χ2v) is 3.90. The quantitative estimate of drug-likeness (QED) is 0.622. The van der Waals surface area contributed by atoms with Gasteiger partial charge in [0.1, 0.15) is 22.9 Å². The van der Waals surface area contributed by atoms with Crippen molar-refractivity contribution in [3.05, 3.63) is 32.8 Å². The largest absolute Gasteiger partial charge is 0.490 e. The molecule has 0 bridgehead atoms. The van der Waals surface area contributed by atoms with Gasteiger partial charge in [0.05, 0.1) is 4.92 Å². The molecule has 1 atom stereocenters. The number of ether oxygens (including phenoxy) is 1. The van der Waals surface area contributed by atoms with E-state index in [0.29, 0.717) is 0 Å². The van der Waals surface area contributed by atoms with Crippen LogP contribution < -0.4 is 10.5 Å². The van der Waals surface area contributed by atoms with E-state index in [1.165, 1.54) is 18.2 Å². The van der Waals surface area contributed by atoms with E-state index in [1.54, 1.807) is 0 Å².